The number of rotatable bonds is 6. The van der Waals surface area contributed by atoms with Crippen LogP contribution in [0.1, 0.15) is 13.3 Å². The molecule has 0 unspecified atom stereocenters. The molecular weight excluding hydrogens is 340 g/mol. The van der Waals surface area contributed by atoms with Crippen molar-refractivity contribution in [1.82, 2.24) is 9.78 Å². The van der Waals surface area contributed by atoms with E-state index in [0.717, 1.165) is 0 Å². The summed E-state index contributed by atoms with van der Waals surface area (Å²) in [6.45, 7) is 1.58. The largest absolute Gasteiger partial charge is 0.480 e. The number of benzene rings is 1. The number of hydrogen-bond acceptors (Lipinski definition) is 5. The number of para-hydroxylation sites is 2. The number of carboxylic acids is 1. The summed E-state index contributed by atoms with van der Waals surface area (Å²) < 4.78 is 6.77. The predicted octanol–water partition coefficient (Wildman–Crippen LogP) is 1.11. The van der Waals surface area contributed by atoms with Crippen LogP contribution in [0.15, 0.2) is 36.5 Å². The first-order valence-electron chi connectivity index (χ1n) is 8.06. The van der Waals surface area contributed by atoms with E-state index in [2.05, 4.69) is 10.4 Å². The van der Waals surface area contributed by atoms with Gasteiger partial charge in [-0.3, -0.25) is 19.1 Å². The molecule has 136 valence electrons. The van der Waals surface area contributed by atoms with Crippen molar-refractivity contribution in [1.29, 1.82) is 0 Å². The van der Waals surface area contributed by atoms with Crippen LogP contribution in [0.2, 0.25) is 0 Å². The molecule has 0 bridgehead atoms. The molecule has 26 heavy (non-hydrogen) atoms. The molecule has 0 saturated heterocycles. The maximum Gasteiger partial charge on any atom is 0.325 e. The molecular formula is C17H18N4O5. The Bertz CT molecular complexity index is 847. The van der Waals surface area contributed by atoms with Gasteiger partial charge in [0.25, 0.3) is 5.91 Å². The highest BCUT2D eigenvalue weighted by Crippen LogP contribution is 2.33. The van der Waals surface area contributed by atoms with E-state index in [1.165, 1.54) is 21.8 Å². The standard InChI is InChI=1S/C17H18N4O5/c1-11-17(25)21(12-4-2-3-5-13(12)26-11)9-7-15(22)18-14-6-8-20(19-14)10-16(23)24/h2-6,8,11H,7,9-10H2,1H3,(H,23,24)(H,18,19,22)/t11-/m0/s1. The van der Waals surface area contributed by atoms with Gasteiger partial charge in [-0.2, -0.15) is 5.10 Å². The third kappa shape index (κ3) is 3.82. The minimum atomic E-state index is -1.02. The minimum absolute atomic E-state index is 0.0680. The van der Waals surface area contributed by atoms with Gasteiger partial charge in [0.1, 0.15) is 12.3 Å². The van der Waals surface area contributed by atoms with Crippen LogP contribution < -0.4 is 15.0 Å². The zero-order valence-electron chi connectivity index (χ0n) is 14.1. The quantitative estimate of drug-likeness (QED) is 0.800. The Morgan fingerprint density at radius 2 is 2.08 bits per heavy atom. The topological polar surface area (TPSA) is 114 Å². The minimum Gasteiger partial charge on any atom is -0.480 e. The summed E-state index contributed by atoms with van der Waals surface area (Å²) in [6, 6.07) is 8.68. The van der Waals surface area contributed by atoms with Gasteiger partial charge in [-0.1, -0.05) is 12.1 Å². The summed E-state index contributed by atoms with van der Waals surface area (Å²) in [5.41, 5.74) is 0.633. The van der Waals surface area contributed by atoms with E-state index in [1.54, 1.807) is 25.1 Å². The van der Waals surface area contributed by atoms with Gasteiger partial charge in [0, 0.05) is 25.2 Å². The fourth-order valence-corrected chi connectivity index (χ4v) is 2.66. The summed E-state index contributed by atoms with van der Waals surface area (Å²) >= 11 is 0. The number of nitrogens with one attached hydrogen (secondary N) is 1. The molecule has 0 spiro atoms. The second kappa shape index (κ2) is 7.26. The van der Waals surface area contributed by atoms with Crippen LogP contribution in [0, 0.1) is 0 Å². The molecule has 1 aliphatic heterocycles. The lowest BCUT2D eigenvalue weighted by molar-refractivity contribution is -0.137. The molecule has 0 aliphatic carbocycles. The lowest BCUT2D eigenvalue weighted by atomic mass is 10.1. The van der Waals surface area contributed by atoms with Gasteiger partial charge in [-0.15, -0.1) is 0 Å². The summed E-state index contributed by atoms with van der Waals surface area (Å²) in [7, 11) is 0. The molecule has 0 fully saturated rings. The number of hydrogen-bond donors (Lipinski definition) is 2. The number of carbonyl (C=O) groups is 3. The molecule has 2 heterocycles. The first kappa shape index (κ1) is 17.5. The summed E-state index contributed by atoms with van der Waals surface area (Å²) in [6.07, 6.45) is 0.922. The van der Waals surface area contributed by atoms with Crippen LogP contribution in [0.25, 0.3) is 0 Å². The van der Waals surface area contributed by atoms with Crippen molar-refractivity contribution in [3.8, 4) is 5.75 Å². The van der Waals surface area contributed by atoms with E-state index in [-0.39, 0.29) is 37.1 Å². The zero-order valence-corrected chi connectivity index (χ0v) is 14.1. The van der Waals surface area contributed by atoms with Gasteiger partial charge in [0.15, 0.2) is 11.9 Å². The molecule has 1 atom stereocenters. The summed E-state index contributed by atoms with van der Waals surface area (Å²) in [5.74, 6) is -0.687. The molecule has 3 rings (SSSR count). The van der Waals surface area contributed by atoms with Crippen molar-refractivity contribution in [3.05, 3.63) is 36.5 Å². The molecule has 1 aliphatic rings. The van der Waals surface area contributed by atoms with Gasteiger partial charge < -0.3 is 20.1 Å². The molecule has 9 nitrogen and oxygen atoms in total. The molecule has 2 aromatic rings. The second-order valence-electron chi connectivity index (χ2n) is 5.81. The fraction of sp³-hybridized carbons (Fsp3) is 0.294. The number of carbonyl (C=O) groups excluding carboxylic acids is 2. The number of amides is 2. The number of aliphatic carboxylic acids is 1. The van der Waals surface area contributed by atoms with Crippen LogP contribution in [0.4, 0.5) is 11.5 Å². The Morgan fingerprint density at radius 3 is 2.85 bits per heavy atom. The molecule has 1 aromatic heterocycles. The van der Waals surface area contributed by atoms with Crippen LogP contribution in [-0.4, -0.2) is 45.3 Å². The lowest BCUT2D eigenvalue weighted by Gasteiger charge is -2.32. The Morgan fingerprint density at radius 1 is 1.31 bits per heavy atom. The molecule has 0 saturated carbocycles. The van der Waals surface area contributed by atoms with Crippen molar-refractivity contribution >= 4 is 29.3 Å². The first-order valence-corrected chi connectivity index (χ1v) is 8.06. The third-order valence-electron chi connectivity index (χ3n) is 3.84. The van der Waals surface area contributed by atoms with Gasteiger partial charge in [-0.25, -0.2) is 0 Å². The summed E-state index contributed by atoms with van der Waals surface area (Å²) in [5, 5.41) is 15.3. The number of anilines is 2. The molecule has 1 aromatic carbocycles. The van der Waals surface area contributed by atoms with Gasteiger partial charge >= 0.3 is 5.97 Å². The number of aromatic nitrogens is 2. The average Bonchev–Trinajstić information content (AvgIpc) is 3.01. The smallest absolute Gasteiger partial charge is 0.325 e. The van der Waals surface area contributed by atoms with E-state index < -0.39 is 12.1 Å². The van der Waals surface area contributed by atoms with Crippen LogP contribution in [0.3, 0.4) is 0 Å². The van der Waals surface area contributed by atoms with E-state index in [9.17, 15) is 14.4 Å². The van der Waals surface area contributed by atoms with E-state index in [4.69, 9.17) is 9.84 Å². The Balaban J connectivity index is 1.61. The van der Waals surface area contributed by atoms with Crippen molar-refractivity contribution < 1.29 is 24.2 Å². The van der Waals surface area contributed by atoms with Crippen LogP contribution >= 0.6 is 0 Å². The average molecular weight is 358 g/mol. The van der Waals surface area contributed by atoms with Crippen molar-refractivity contribution in [2.75, 3.05) is 16.8 Å². The normalized spacial score (nSPS) is 16.0. The first-order chi connectivity index (χ1) is 12.4. The Kier molecular flexibility index (Phi) is 4.87. The number of nitrogens with zero attached hydrogens (tertiary/aromatic N) is 3. The Labute approximate surface area is 149 Å². The number of fused-ring (bicyclic) bond motifs is 1. The zero-order chi connectivity index (χ0) is 18.7. The van der Waals surface area contributed by atoms with Crippen molar-refractivity contribution in [2.24, 2.45) is 0 Å². The highest BCUT2D eigenvalue weighted by atomic mass is 16.5. The molecule has 2 N–H and O–H groups in total. The number of ether oxygens (including phenoxy) is 1. The highest BCUT2D eigenvalue weighted by Gasteiger charge is 2.31. The van der Waals surface area contributed by atoms with Crippen LogP contribution in [-0.2, 0) is 20.9 Å². The maximum atomic E-state index is 12.4. The molecule has 9 heteroatoms. The lowest BCUT2D eigenvalue weighted by Crippen LogP contribution is -2.45. The fourth-order valence-electron chi connectivity index (χ4n) is 2.66. The van der Waals surface area contributed by atoms with E-state index in [0.29, 0.717) is 11.4 Å². The predicted molar refractivity (Wildman–Crippen MR) is 92.0 cm³/mol. The van der Waals surface area contributed by atoms with Crippen molar-refractivity contribution in [3.63, 3.8) is 0 Å². The Hall–Kier alpha value is -3.36. The summed E-state index contributed by atoms with van der Waals surface area (Å²) in [4.78, 5) is 36.7. The molecule has 0 radical (unpaired) electrons. The van der Waals surface area contributed by atoms with Gasteiger partial charge in [-0.05, 0) is 19.1 Å². The highest BCUT2D eigenvalue weighted by molar-refractivity contribution is 6.00. The van der Waals surface area contributed by atoms with Gasteiger partial charge in [0.05, 0.1) is 5.69 Å². The monoisotopic (exact) mass is 358 g/mol. The van der Waals surface area contributed by atoms with Crippen molar-refractivity contribution in [2.45, 2.75) is 26.0 Å². The third-order valence-corrected chi connectivity index (χ3v) is 3.84. The maximum absolute atomic E-state index is 12.4. The van der Waals surface area contributed by atoms with Gasteiger partial charge in [0.2, 0.25) is 5.91 Å². The molecule has 2 amide bonds. The second-order valence-corrected chi connectivity index (χ2v) is 5.81. The SMILES string of the molecule is C[C@@H]1Oc2ccccc2N(CCC(=O)Nc2ccn(CC(=O)O)n2)C1=O. The van der Waals surface area contributed by atoms with E-state index >= 15 is 0 Å². The van der Waals surface area contributed by atoms with Crippen LogP contribution in [0.5, 0.6) is 5.75 Å². The number of carboxylic acid groups (broad SMARTS) is 1. The van der Waals surface area contributed by atoms with E-state index in [1.807, 2.05) is 6.07 Å².